The van der Waals surface area contributed by atoms with E-state index in [0.717, 1.165) is 43.5 Å². The summed E-state index contributed by atoms with van der Waals surface area (Å²) in [5.41, 5.74) is 8.08. The van der Waals surface area contributed by atoms with E-state index in [1.165, 1.54) is 57.2 Å². The topological polar surface area (TPSA) is 103 Å². The molecule has 2 aliphatic heterocycles. The maximum absolute atomic E-state index is 12.1. The fourth-order valence-corrected chi connectivity index (χ4v) is 6.66. The first-order valence-corrected chi connectivity index (χ1v) is 14.9. The molecule has 3 fully saturated rings. The Bertz CT molecular complexity index is 1070. The molecule has 1 saturated carbocycles. The zero-order chi connectivity index (χ0) is 26.5. The SMILES string of the molecule is CN(C)SNC1CCCN(c2cnc(C(N)=O)c(Nc3ccc(C4CCN(C5CCCC5)CC4)cc3)n2)C1. The van der Waals surface area contributed by atoms with Crippen LogP contribution < -0.4 is 20.7 Å². The Labute approximate surface area is 231 Å². The zero-order valence-corrected chi connectivity index (χ0v) is 23.6. The van der Waals surface area contributed by atoms with Crippen molar-refractivity contribution in [1.82, 2.24) is 23.9 Å². The molecule has 1 amide bonds. The van der Waals surface area contributed by atoms with Crippen molar-refractivity contribution in [3.8, 4) is 0 Å². The lowest BCUT2D eigenvalue weighted by Crippen LogP contribution is -2.44. The van der Waals surface area contributed by atoms with Crippen molar-refractivity contribution >= 4 is 35.4 Å². The van der Waals surface area contributed by atoms with E-state index in [1.54, 1.807) is 18.3 Å². The summed E-state index contributed by atoms with van der Waals surface area (Å²) >= 11 is 1.61. The van der Waals surface area contributed by atoms with Gasteiger partial charge in [0.25, 0.3) is 5.91 Å². The first-order valence-electron chi connectivity index (χ1n) is 14.1. The lowest BCUT2D eigenvalue weighted by Gasteiger charge is -2.36. The minimum atomic E-state index is -0.585. The van der Waals surface area contributed by atoms with Crippen LogP contribution in [0.1, 0.15) is 73.3 Å². The van der Waals surface area contributed by atoms with Crippen molar-refractivity contribution < 1.29 is 4.79 Å². The van der Waals surface area contributed by atoms with E-state index < -0.39 is 5.91 Å². The van der Waals surface area contributed by atoms with Gasteiger partial charge in [0.05, 0.1) is 6.20 Å². The molecule has 1 atom stereocenters. The molecule has 1 unspecified atom stereocenters. The maximum atomic E-state index is 12.1. The molecule has 5 rings (SSSR count). The van der Waals surface area contributed by atoms with Gasteiger partial charge < -0.3 is 20.9 Å². The molecule has 1 aromatic heterocycles. The van der Waals surface area contributed by atoms with E-state index in [1.807, 2.05) is 18.4 Å². The van der Waals surface area contributed by atoms with Gasteiger partial charge in [-0.05, 0) is 89.3 Å². The molecule has 9 nitrogen and oxygen atoms in total. The Hall–Kier alpha value is -2.40. The van der Waals surface area contributed by atoms with Gasteiger partial charge in [-0.15, -0.1) is 0 Å². The third-order valence-corrected chi connectivity index (χ3v) is 8.96. The van der Waals surface area contributed by atoms with E-state index in [-0.39, 0.29) is 5.69 Å². The summed E-state index contributed by atoms with van der Waals surface area (Å²) in [6.07, 6.45) is 11.8. The van der Waals surface area contributed by atoms with Gasteiger partial charge in [-0.1, -0.05) is 25.0 Å². The number of piperidine rings is 2. The standard InChI is InChI=1S/C28H42N8OS/c1-34(2)38-33-23-6-5-15-36(19-23)25-18-30-26(27(29)37)28(32-25)31-22-11-9-20(10-12-22)21-13-16-35(17-14-21)24-7-3-4-8-24/h9-12,18,21,23-24,33H,3-8,13-17,19H2,1-2H3,(H2,29,37)(H,31,32). The molecule has 206 valence electrons. The highest BCUT2D eigenvalue weighted by Gasteiger charge is 2.28. The molecule has 0 radical (unpaired) electrons. The number of nitrogens with one attached hydrogen (secondary N) is 2. The molecule has 1 aliphatic carbocycles. The number of carbonyl (C=O) groups is 1. The lowest BCUT2D eigenvalue weighted by molar-refractivity contribution is 0.0996. The highest BCUT2D eigenvalue weighted by molar-refractivity contribution is 7.95. The van der Waals surface area contributed by atoms with Crippen LogP contribution in [0, 0.1) is 0 Å². The largest absolute Gasteiger partial charge is 0.364 e. The number of rotatable bonds is 9. The molecule has 2 aromatic rings. The summed E-state index contributed by atoms with van der Waals surface area (Å²) in [6.45, 7) is 4.16. The van der Waals surface area contributed by atoms with Crippen molar-refractivity contribution in [2.45, 2.75) is 69.4 Å². The second-order valence-electron chi connectivity index (χ2n) is 11.1. The van der Waals surface area contributed by atoms with Gasteiger partial charge in [-0.25, -0.2) is 19.0 Å². The molecule has 0 bridgehead atoms. The Morgan fingerprint density at radius 2 is 1.76 bits per heavy atom. The van der Waals surface area contributed by atoms with Crippen molar-refractivity contribution in [3.63, 3.8) is 0 Å². The second-order valence-corrected chi connectivity index (χ2v) is 12.2. The van der Waals surface area contributed by atoms with Gasteiger partial charge in [0.15, 0.2) is 11.5 Å². The summed E-state index contributed by atoms with van der Waals surface area (Å²) in [6, 6.07) is 9.75. The summed E-state index contributed by atoms with van der Waals surface area (Å²) < 4.78 is 5.56. The maximum Gasteiger partial charge on any atom is 0.271 e. The quantitative estimate of drug-likeness (QED) is 0.407. The third kappa shape index (κ3) is 6.77. The van der Waals surface area contributed by atoms with E-state index in [4.69, 9.17) is 10.7 Å². The monoisotopic (exact) mass is 538 g/mol. The minimum Gasteiger partial charge on any atom is -0.364 e. The van der Waals surface area contributed by atoms with Crippen LogP contribution >= 0.6 is 12.1 Å². The number of nitrogens with two attached hydrogens (primary N) is 1. The van der Waals surface area contributed by atoms with Crippen LogP contribution in [-0.2, 0) is 0 Å². The van der Waals surface area contributed by atoms with E-state index in [0.29, 0.717) is 17.8 Å². The fraction of sp³-hybridized carbons (Fsp3) is 0.607. The molecule has 1 aromatic carbocycles. The molecule has 3 heterocycles. The molecule has 3 aliphatic rings. The van der Waals surface area contributed by atoms with E-state index >= 15 is 0 Å². The Kier molecular flexibility index (Phi) is 9.04. The fourth-order valence-electron chi connectivity index (χ4n) is 6.10. The number of carbonyl (C=O) groups excluding carboxylic acids is 1. The van der Waals surface area contributed by atoms with Gasteiger partial charge in [0.2, 0.25) is 0 Å². The van der Waals surface area contributed by atoms with Gasteiger partial charge in [-0.2, -0.15) is 0 Å². The van der Waals surface area contributed by atoms with Gasteiger partial charge in [0.1, 0.15) is 5.82 Å². The lowest BCUT2D eigenvalue weighted by atomic mass is 9.88. The van der Waals surface area contributed by atoms with E-state index in [2.05, 4.69) is 49.1 Å². The molecule has 10 heteroatoms. The number of hydrogen-bond acceptors (Lipinski definition) is 9. The number of likely N-dealkylation sites (tertiary alicyclic amines) is 1. The summed E-state index contributed by atoms with van der Waals surface area (Å²) in [5, 5.41) is 3.32. The van der Waals surface area contributed by atoms with Crippen molar-refractivity contribution in [1.29, 1.82) is 0 Å². The van der Waals surface area contributed by atoms with Gasteiger partial charge >= 0.3 is 0 Å². The average molecular weight is 539 g/mol. The van der Waals surface area contributed by atoms with Crippen LogP contribution in [0.25, 0.3) is 0 Å². The van der Waals surface area contributed by atoms with Crippen LogP contribution in [-0.4, -0.2) is 77.4 Å². The molecular weight excluding hydrogens is 496 g/mol. The van der Waals surface area contributed by atoms with Gasteiger partial charge in [-0.3, -0.25) is 4.79 Å². The summed E-state index contributed by atoms with van der Waals surface area (Å²) in [4.78, 5) is 26.3. The second kappa shape index (κ2) is 12.6. The van der Waals surface area contributed by atoms with Crippen molar-refractivity contribution in [2.75, 3.05) is 50.5 Å². The minimum absolute atomic E-state index is 0.159. The van der Waals surface area contributed by atoms with Crippen LogP contribution in [0.4, 0.5) is 17.3 Å². The van der Waals surface area contributed by atoms with Crippen LogP contribution in [0.5, 0.6) is 0 Å². The first-order chi connectivity index (χ1) is 18.5. The molecule has 2 saturated heterocycles. The number of nitrogens with zero attached hydrogens (tertiary/aromatic N) is 5. The number of benzene rings is 1. The predicted octanol–water partition coefficient (Wildman–Crippen LogP) is 4.12. The number of amides is 1. The third-order valence-electron chi connectivity index (χ3n) is 8.16. The highest BCUT2D eigenvalue weighted by Crippen LogP contribution is 2.33. The predicted molar refractivity (Wildman–Crippen MR) is 156 cm³/mol. The molecule has 4 N–H and O–H groups in total. The summed E-state index contributed by atoms with van der Waals surface area (Å²) in [5.74, 6) is 1.19. The molecule has 38 heavy (non-hydrogen) atoms. The Balaban J connectivity index is 1.23. The summed E-state index contributed by atoms with van der Waals surface area (Å²) in [7, 11) is 4.05. The normalized spacial score (nSPS) is 21.8. The van der Waals surface area contributed by atoms with Crippen molar-refractivity contribution in [3.05, 3.63) is 41.7 Å². The Morgan fingerprint density at radius 3 is 2.45 bits per heavy atom. The molecule has 0 spiro atoms. The van der Waals surface area contributed by atoms with Gasteiger partial charge in [0, 0.05) is 43.0 Å². The van der Waals surface area contributed by atoms with Crippen LogP contribution in [0.3, 0.4) is 0 Å². The van der Waals surface area contributed by atoms with Crippen LogP contribution in [0.2, 0.25) is 0 Å². The molecular formula is C28H42N8OS. The first kappa shape index (κ1) is 27.2. The number of anilines is 3. The number of aromatic nitrogens is 2. The number of primary amides is 1. The smallest absolute Gasteiger partial charge is 0.271 e. The Morgan fingerprint density at radius 1 is 1.03 bits per heavy atom. The van der Waals surface area contributed by atoms with Crippen LogP contribution in [0.15, 0.2) is 30.5 Å². The number of hydrogen-bond donors (Lipinski definition) is 3. The average Bonchev–Trinajstić information content (AvgIpc) is 3.48. The zero-order valence-electron chi connectivity index (χ0n) is 22.7. The van der Waals surface area contributed by atoms with E-state index in [9.17, 15) is 4.79 Å². The highest BCUT2D eigenvalue weighted by atomic mass is 32.2. The van der Waals surface area contributed by atoms with Crippen molar-refractivity contribution in [2.24, 2.45) is 5.73 Å².